The van der Waals surface area contributed by atoms with Gasteiger partial charge >= 0.3 is 11.9 Å². The van der Waals surface area contributed by atoms with Crippen molar-refractivity contribution in [1.82, 2.24) is 0 Å². The summed E-state index contributed by atoms with van der Waals surface area (Å²) in [5, 5.41) is 10.6. The van der Waals surface area contributed by atoms with Crippen LogP contribution >= 0.6 is 11.8 Å². The van der Waals surface area contributed by atoms with E-state index in [1.165, 1.54) is 24.9 Å². The van der Waals surface area contributed by atoms with Crippen molar-refractivity contribution >= 4 is 23.7 Å². The van der Waals surface area contributed by atoms with E-state index in [-0.39, 0.29) is 12.0 Å². The Hall–Kier alpha value is -2.01. The normalized spacial score (nSPS) is 12.1. The topological polar surface area (TPSA) is 63.6 Å². The van der Waals surface area contributed by atoms with E-state index in [4.69, 9.17) is 5.11 Å². The highest BCUT2D eigenvalue weighted by atomic mass is 32.2. The lowest BCUT2D eigenvalue weighted by Crippen LogP contribution is -2.09. The van der Waals surface area contributed by atoms with Crippen molar-refractivity contribution in [3.05, 3.63) is 53.0 Å². The summed E-state index contributed by atoms with van der Waals surface area (Å²) in [6.07, 6.45) is 1.18. The largest absolute Gasteiger partial charge is 0.481 e. The van der Waals surface area contributed by atoms with Gasteiger partial charge in [0.15, 0.2) is 0 Å². The molecular formula is C15H16O4S. The van der Waals surface area contributed by atoms with E-state index in [0.29, 0.717) is 0 Å². The predicted octanol–water partition coefficient (Wildman–Crippen LogP) is 3.26. The van der Waals surface area contributed by atoms with Crippen LogP contribution in [0.4, 0.5) is 0 Å². The van der Waals surface area contributed by atoms with Crippen molar-refractivity contribution in [1.29, 1.82) is 0 Å². The Balaban J connectivity index is 2.81. The van der Waals surface area contributed by atoms with Gasteiger partial charge in [0.2, 0.25) is 0 Å². The maximum atomic E-state index is 11.5. The Morgan fingerprint density at radius 2 is 1.95 bits per heavy atom. The van der Waals surface area contributed by atoms with Crippen LogP contribution in [0.3, 0.4) is 0 Å². The Morgan fingerprint density at radius 1 is 1.30 bits per heavy atom. The highest BCUT2D eigenvalue weighted by Gasteiger charge is 2.13. The van der Waals surface area contributed by atoms with Crippen molar-refractivity contribution in [2.75, 3.05) is 7.11 Å². The summed E-state index contributed by atoms with van der Waals surface area (Å²) in [4.78, 5) is 23.3. The molecule has 1 rings (SSSR count). The quantitative estimate of drug-likeness (QED) is 0.377. The van der Waals surface area contributed by atoms with Crippen molar-refractivity contribution in [3.8, 4) is 0 Å². The molecule has 1 aromatic rings. The second kappa shape index (κ2) is 8.22. The van der Waals surface area contributed by atoms with Crippen LogP contribution in [0.1, 0.15) is 13.3 Å². The lowest BCUT2D eigenvalue weighted by molar-refractivity contribution is -0.141. The van der Waals surface area contributed by atoms with Crippen molar-refractivity contribution in [2.45, 2.75) is 18.2 Å². The van der Waals surface area contributed by atoms with E-state index in [9.17, 15) is 9.59 Å². The van der Waals surface area contributed by atoms with E-state index >= 15 is 0 Å². The summed E-state index contributed by atoms with van der Waals surface area (Å²) >= 11 is 1.50. The van der Waals surface area contributed by atoms with E-state index in [2.05, 4.69) is 4.74 Å². The molecule has 0 amide bonds. The number of carbonyl (C=O) groups excluding carboxylic acids is 1. The van der Waals surface area contributed by atoms with Crippen LogP contribution in [0.5, 0.6) is 0 Å². The maximum absolute atomic E-state index is 11.5. The molecule has 0 spiro atoms. The van der Waals surface area contributed by atoms with Crippen LogP contribution in [0.15, 0.2) is 57.9 Å². The monoisotopic (exact) mass is 292 g/mol. The number of rotatable bonds is 6. The molecule has 0 aromatic heterocycles. The molecule has 0 aliphatic heterocycles. The average molecular weight is 292 g/mol. The van der Waals surface area contributed by atoms with Gasteiger partial charge in [-0.1, -0.05) is 30.0 Å². The second-order valence-corrected chi connectivity index (χ2v) is 4.97. The molecule has 0 saturated carbocycles. The van der Waals surface area contributed by atoms with Crippen LogP contribution in [0, 0.1) is 0 Å². The molecular weight excluding hydrogens is 276 g/mol. The van der Waals surface area contributed by atoms with Crippen LogP contribution in [0.25, 0.3) is 0 Å². The third-order valence-corrected chi connectivity index (χ3v) is 3.35. The lowest BCUT2D eigenvalue weighted by Gasteiger charge is -2.03. The minimum atomic E-state index is -1.06. The summed E-state index contributed by atoms with van der Waals surface area (Å²) in [6.45, 7) is 1.81. The first-order chi connectivity index (χ1) is 9.52. The van der Waals surface area contributed by atoms with Crippen LogP contribution in [-0.4, -0.2) is 24.2 Å². The van der Waals surface area contributed by atoms with E-state index in [0.717, 1.165) is 10.5 Å². The van der Waals surface area contributed by atoms with Gasteiger partial charge < -0.3 is 9.84 Å². The molecule has 1 N–H and O–H groups in total. The van der Waals surface area contributed by atoms with Crippen molar-refractivity contribution < 1.29 is 19.4 Å². The molecule has 106 valence electrons. The fraction of sp³-hybridized carbons (Fsp3) is 0.200. The number of thioether (sulfide) groups is 1. The molecule has 0 aliphatic carbocycles. The van der Waals surface area contributed by atoms with Gasteiger partial charge in [-0.3, -0.25) is 4.79 Å². The predicted molar refractivity (Wildman–Crippen MR) is 78.4 cm³/mol. The molecule has 0 atom stereocenters. The van der Waals surface area contributed by atoms with E-state index in [1.807, 2.05) is 35.7 Å². The summed E-state index contributed by atoms with van der Waals surface area (Å²) in [7, 11) is 1.23. The summed E-state index contributed by atoms with van der Waals surface area (Å²) in [6, 6.07) is 9.74. The fourth-order valence-corrected chi connectivity index (χ4v) is 2.15. The first kappa shape index (κ1) is 16.0. The summed E-state index contributed by atoms with van der Waals surface area (Å²) in [5.74, 6) is -1.69. The van der Waals surface area contributed by atoms with Gasteiger partial charge in [0.25, 0.3) is 0 Å². The smallest absolute Gasteiger partial charge is 0.334 e. The second-order valence-electron chi connectivity index (χ2n) is 4.02. The highest BCUT2D eigenvalue weighted by molar-refractivity contribution is 8.02. The van der Waals surface area contributed by atoms with Gasteiger partial charge in [-0.05, 0) is 36.1 Å². The van der Waals surface area contributed by atoms with Crippen LogP contribution in [-0.2, 0) is 14.3 Å². The number of methoxy groups -OCH3 is 1. The lowest BCUT2D eigenvalue weighted by atomic mass is 10.1. The molecule has 0 radical (unpaired) electrons. The van der Waals surface area contributed by atoms with E-state index in [1.54, 1.807) is 6.92 Å². The van der Waals surface area contributed by atoms with E-state index < -0.39 is 11.9 Å². The molecule has 0 unspecified atom stereocenters. The fourth-order valence-electron chi connectivity index (χ4n) is 1.45. The van der Waals surface area contributed by atoms with Gasteiger partial charge in [-0.2, -0.15) is 0 Å². The number of aliphatic carboxylic acids is 1. The first-order valence-corrected chi connectivity index (χ1v) is 6.80. The van der Waals surface area contributed by atoms with Gasteiger partial charge in [0.05, 0.1) is 13.5 Å². The molecule has 0 heterocycles. The molecule has 4 nitrogen and oxygen atoms in total. The Morgan fingerprint density at radius 3 is 2.50 bits per heavy atom. The zero-order valence-corrected chi connectivity index (χ0v) is 12.1. The number of benzene rings is 1. The SMILES string of the molecule is COC(=O)/C(=C/C(C)=C/Sc1ccccc1)CC(=O)O. The molecule has 5 heteroatoms. The Bertz CT molecular complexity index is 532. The average Bonchev–Trinajstić information content (AvgIpc) is 2.44. The third kappa shape index (κ3) is 5.75. The molecule has 0 fully saturated rings. The number of carboxylic acids is 1. The maximum Gasteiger partial charge on any atom is 0.334 e. The molecule has 0 saturated heterocycles. The standard InChI is InChI=1S/C15H16O4S/c1-11(10-20-13-6-4-3-5-7-13)8-12(9-14(16)17)15(18)19-2/h3-8,10H,9H2,1-2H3,(H,16,17)/b11-10+,12-8+. The Labute approximate surface area is 122 Å². The number of hydrogen-bond acceptors (Lipinski definition) is 4. The highest BCUT2D eigenvalue weighted by Crippen LogP contribution is 2.21. The summed E-state index contributed by atoms with van der Waals surface area (Å²) in [5.41, 5.74) is 0.919. The van der Waals surface area contributed by atoms with Crippen molar-refractivity contribution in [3.63, 3.8) is 0 Å². The van der Waals surface area contributed by atoms with Crippen LogP contribution < -0.4 is 0 Å². The number of allylic oxidation sites excluding steroid dienone is 2. The van der Waals surface area contributed by atoms with Gasteiger partial charge in [-0.25, -0.2) is 4.79 Å². The molecule has 0 bridgehead atoms. The third-order valence-electron chi connectivity index (χ3n) is 2.32. The van der Waals surface area contributed by atoms with Gasteiger partial charge in [0, 0.05) is 10.5 Å². The minimum absolute atomic E-state index is 0.127. The molecule has 1 aromatic carbocycles. The Kier molecular flexibility index (Phi) is 6.59. The van der Waals surface area contributed by atoms with Crippen LogP contribution in [0.2, 0.25) is 0 Å². The number of carboxylic acid groups (broad SMARTS) is 1. The number of ether oxygens (including phenoxy) is 1. The van der Waals surface area contributed by atoms with Gasteiger partial charge in [-0.15, -0.1) is 0 Å². The molecule has 20 heavy (non-hydrogen) atoms. The number of hydrogen-bond donors (Lipinski definition) is 1. The zero-order valence-electron chi connectivity index (χ0n) is 11.3. The van der Waals surface area contributed by atoms with Gasteiger partial charge in [0.1, 0.15) is 0 Å². The number of esters is 1. The minimum Gasteiger partial charge on any atom is -0.481 e. The summed E-state index contributed by atoms with van der Waals surface area (Å²) < 4.78 is 4.57. The van der Waals surface area contributed by atoms with Crippen molar-refractivity contribution in [2.24, 2.45) is 0 Å². The molecule has 0 aliphatic rings. The number of carbonyl (C=O) groups is 2. The zero-order chi connectivity index (χ0) is 15.0. The first-order valence-electron chi connectivity index (χ1n) is 5.92.